The lowest BCUT2D eigenvalue weighted by Crippen LogP contribution is -2.13. The van der Waals surface area contributed by atoms with Crippen LogP contribution in [0.1, 0.15) is 17.3 Å². The lowest BCUT2D eigenvalue weighted by Gasteiger charge is -2.14. The number of H-pyrrole nitrogens is 1. The number of nitrogens with zero attached hydrogens (tertiary/aromatic N) is 2. The first kappa shape index (κ1) is 19.9. The Morgan fingerprint density at radius 3 is 2.43 bits per heavy atom. The minimum atomic E-state index is -3.93. The van der Waals surface area contributed by atoms with Crippen LogP contribution in [-0.2, 0) is 10.0 Å². The Bertz CT molecular complexity index is 1340. The molecule has 0 spiro atoms. The van der Waals surface area contributed by atoms with Crippen molar-refractivity contribution in [3.63, 3.8) is 0 Å². The molecule has 0 aliphatic carbocycles. The molecule has 4 aromatic rings. The first-order chi connectivity index (χ1) is 14.3. The molecule has 1 heterocycles. The summed E-state index contributed by atoms with van der Waals surface area (Å²) in [6.07, 6.45) is 1.41. The van der Waals surface area contributed by atoms with E-state index in [-0.39, 0.29) is 16.4 Å². The number of aromatic amines is 1. The van der Waals surface area contributed by atoms with Crippen molar-refractivity contribution in [2.24, 2.45) is 0 Å². The Morgan fingerprint density at radius 1 is 1.10 bits per heavy atom. The maximum absolute atomic E-state index is 12.9. The number of phenolic OH excluding ortho intramolecular Hbond substituents is 1. The summed E-state index contributed by atoms with van der Waals surface area (Å²) in [6.45, 7) is 1.41. The highest BCUT2D eigenvalue weighted by Crippen LogP contribution is 2.42. The smallest absolute Gasteiger partial charge is 0.261 e. The summed E-state index contributed by atoms with van der Waals surface area (Å²) < 4.78 is 28.5. The first-order valence-electron chi connectivity index (χ1n) is 8.77. The summed E-state index contributed by atoms with van der Waals surface area (Å²) in [4.78, 5) is 15.9. The normalized spacial score (nSPS) is 11.5. The van der Waals surface area contributed by atoms with Crippen molar-refractivity contribution in [1.82, 2.24) is 15.2 Å². The van der Waals surface area contributed by atoms with Gasteiger partial charge in [0.15, 0.2) is 5.78 Å². The minimum Gasteiger partial charge on any atom is -0.506 e. The van der Waals surface area contributed by atoms with Crippen molar-refractivity contribution < 1.29 is 18.3 Å². The average Bonchev–Trinajstić information content (AvgIpc) is 3.24. The molecule has 0 bridgehead atoms. The zero-order valence-corrected chi connectivity index (χ0v) is 17.3. The van der Waals surface area contributed by atoms with Crippen molar-refractivity contribution in [3.8, 4) is 5.75 Å². The zero-order valence-electron chi connectivity index (χ0n) is 15.7. The second-order valence-electron chi connectivity index (χ2n) is 6.39. The molecule has 0 amide bonds. The standard InChI is InChI=1S/C20H16N4O4S2/c1-12(25)13-6-8-14(9-7-13)30(27,28)24-17-10-18(29-20-21-11-22-23-20)19(26)16-5-3-2-4-15(16)17/h2-11,24,26H,1H3,(H,21,22,23). The molecular weight excluding hydrogens is 424 g/mol. The highest BCUT2D eigenvalue weighted by molar-refractivity contribution is 7.99. The number of fused-ring (bicyclic) bond motifs is 1. The van der Waals surface area contributed by atoms with Crippen molar-refractivity contribution >= 4 is 44.0 Å². The molecule has 1 aromatic heterocycles. The van der Waals surface area contributed by atoms with E-state index < -0.39 is 10.0 Å². The zero-order chi connectivity index (χ0) is 21.3. The van der Waals surface area contributed by atoms with Crippen LogP contribution in [0.3, 0.4) is 0 Å². The number of carbonyl (C=O) groups is 1. The molecule has 0 fully saturated rings. The van der Waals surface area contributed by atoms with Crippen LogP contribution < -0.4 is 4.72 Å². The molecule has 152 valence electrons. The predicted molar refractivity (Wildman–Crippen MR) is 113 cm³/mol. The fourth-order valence-corrected chi connectivity index (χ4v) is 4.77. The monoisotopic (exact) mass is 440 g/mol. The maximum atomic E-state index is 12.9. The van der Waals surface area contributed by atoms with Gasteiger partial charge in [-0.2, -0.15) is 0 Å². The van der Waals surface area contributed by atoms with Gasteiger partial charge in [0.25, 0.3) is 10.0 Å². The number of phenols is 1. The van der Waals surface area contributed by atoms with Crippen molar-refractivity contribution in [1.29, 1.82) is 0 Å². The molecular formula is C20H16N4O4S2. The van der Waals surface area contributed by atoms with Crippen molar-refractivity contribution in [2.45, 2.75) is 21.9 Å². The van der Waals surface area contributed by atoms with Gasteiger partial charge in [0.05, 0.1) is 15.5 Å². The number of sulfonamides is 1. The Kier molecular flexibility index (Phi) is 5.18. The topological polar surface area (TPSA) is 125 Å². The average molecular weight is 441 g/mol. The number of hydrogen-bond donors (Lipinski definition) is 3. The minimum absolute atomic E-state index is 0.00848. The quantitative estimate of drug-likeness (QED) is 0.307. The molecule has 10 heteroatoms. The molecule has 0 aliphatic rings. The molecule has 3 aromatic carbocycles. The summed E-state index contributed by atoms with van der Waals surface area (Å²) in [7, 11) is -3.93. The van der Waals surface area contributed by atoms with E-state index in [2.05, 4.69) is 19.9 Å². The molecule has 0 unspecified atom stereocenters. The van der Waals surface area contributed by atoms with Crippen LogP contribution >= 0.6 is 11.8 Å². The lowest BCUT2D eigenvalue weighted by molar-refractivity contribution is 0.101. The number of Topliss-reactive ketones (excluding diaryl/α,β-unsaturated/α-hetero) is 1. The molecule has 3 N–H and O–H groups in total. The molecule has 8 nitrogen and oxygen atoms in total. The lowest BCUT2D eigenvalue weighted by atomic mass is 10.1. The van der Waals surface area contributed by atoms with Gasteiger partial charge in [-0.1, -0.05) is 36.4 Å². The number of nitrogens with one attached hydrogen (secondary N) is 2. The van der Waals surface area contributed by atoms with Crippen molar-refractivity contribution in [2.75, 3.05) is 4.72 Å². The van der Waals surface area contributed by atoms with Crippen LogP contribution in [0.2, 0.25) is 0 Å². The number of aromatic nitrogens is 3. The second-order valence-corrected chi connectivity index (χ2v) is 9.08. The van der Waals surface area contributed by atoms with E-state index >= 15 is 0 Å². The number of ketones is 1. The summed E-state index contributed by atoms with van der Waals surface area (Å²) in [5, 5.41) is 18.6. The number of anilines is 1. The molecule has 0 saturated carbocycles. The van der Waals surface area contributed by atoms with Gasteiger partial charge < -0.3 is 5.11 Å². The van der Waals surface area contributed by atoms with Crippen LogP contribution in [-0.4, -0.2) is 34.5 Å². The Labute approximate surface area is 176 Å². The Balaban J connectivity index is 1.77. The van der Waals surface area contributed by atoms with E-state index in [1.165, 1.54) is 37.5 Å². The number of rotatable bonds is 6. The fraction of sp³-hybridized carbons (Fsp3) is 0.0500. The van der Waals surface area contributed by atoms with E-state index in [4.69, 9.17) is 0 Å². The molecule has 0 atom stereocenters. The summed E-state index contributed by atoms with van der Waals surface area (Å²) in [5.74, 6) is -0.140. The predicted octanol–water partition coefficient (Wildman–Crippen LogP) is 3.82. The second kappa shape index (κ2) is 7.81. The van der Waals surface area contributed by atoms with Crippen molar-refractivity contribution in [3.05, 3.63) is 66.5 Å². The number of hydrogen-bond acceptors (Lipinski definition) is 7. The largest absolute Gasteiger partial charge is 0.506 e. The van der Waals surface area contributed by atoms with Gasteiger partial charge in [-0.25, -0.2) is 13.4 Å². The van der Waals surface area contributed by atoms with Crippen LogP contribution in [0.4, 0.5) is 5.69 Å². The Morgan fingerprint density at radius 2 is 1.80 bits per heavy atom. The van der Waals surface area contributed by atoms with Gasteiger partial charge in [-0.05, 0) is 36.9 Å². The molecule has 0 radical (unpaired) electrons. The Hall–Kier alpha value is -3.37. The maximum Gasteiger partial charge on any atom is 0.261 e. The highest BCUT2D eigenvalue weighted by atomic mass is 32.2. The van der Waals surface area contributed by atoms with Gasteiger partial charge in [0, 0.05) is 16.3 Å². The third-order valence-corrected chi connectivity index (χ3v) is 6.68. The number of carbonyl (C=O) groups excluding carboxylic acids is 1. The van der Waals surface area contributed by atoms with Gasteiger partial charge in [0.2, 0.25) is 5.16 Å². The first-order valence-corrected chi connectivity index (χ1v) is 11.1. The van der Waals surface area contributed by atoms with E-state index in [0.717, 1.165) is 11.8 Å². The van der Waals surface area contributed by atoms with Crippen LogP contribution in [0.5, 0.6) is 5.75 Å². The fourth-order valence-electron chi connectivity index (χ4n) is 2.91. The van der Waals surface area contributed by atoms with Crippen LogP contribution in [0.25, 0.3) is 10.8 Å². The van der Waals surface area contributed by atoms with Gasteiger partial charge >= 0.3 is 0 Å². The van der Waals surface area contributed by atoms with Gasteiger partial charge in [-0.3, -0.25) is 14.6 Å². The molecule has 4 rings (SSSR count). The van der Waals surface area contributed by atoms with Crippen LogP contribution in [0, 0.1) is 0 Å². The summed E-state index contributed by atoms with van der Waals surface area (Å²) >= 11 is 1.10. The molecule has 0 saturated heterocycles. The molecule has 30 heavy (non-hydrogen) atoms. The van der Waals surface area contributed by atoms with Crippen LogP contribution in [0.15, 0.2) is 75.9 Å². The summed E-state index contributed by atoms with van der Waals surface area (Å²) in [6, 6.07) is 14.2. The van der Waals surface area contributed by atoms with Gasteiger partial charge in [-0.15, -0.1) is 5.10 Å². The third-order valence-electron chi connectivity index (χ3n) is 4.39. The van der Waals surface area contributed by atoms with E-state index in [0.29, 0.717) is 32.1 Å². The summed E-state index contributed by atoms with van der Waals surface area (Å²) in [5.41, 5.74) is 0.728. The van der Waals surface area contributed by atoms with E-state index in [1.54, 1.807) is 30.3 Å². The SMILES string of the molecule is CC(=O)c1ccc(S(=O)(=O)Nc2cc(Sc3nc[nH]n3)c(O)c3ccccc23)cc1. The highest BCUT2D eigenvalue weighted by Gasteiger charge is 2.19. The third kappa shape index (κ3) is 3.87. The van der Waals surface area contributed by atoms with E-state index in [1.807, 2.05) is 0 Å². The number of aromatic hydroxyl groups is 1. The number of benzene rings is 3. The van der Waals surface area contributed by atoms with E-state index in [9.17, 15) is 18.3 Å². The molecule has 0 aliphatic heterocycles. The van der Waals surface area contributed by atoms with Gasteiger partial charge in [0.1, 0.15) is 12.1 Å².